The maximum Gasteiger partial charge on any atom is 0.226 e. The molecule has 1 amide bonds. The standard InChI is InChI=1S/C23H28ClNO3/c1-5-8-15(2)23(26)25-12-11-16-13-20(27-3)21(28-4)14-18(16)22(25)17-9-6-7-10-19(17)24/h6-7,9-10,13-15,22H,5,8,11-12H2,1-4H3. The van der Waals surface area contributed by atoms with E-state index >= 15 is 0 Å². The van der Waals surface area contributed by atoms with Gasteiger partial charge in [-0.15, -0.1) is 0 Å². The molecule has 1 heterocycles. The number of hydrogen-bond donors (Lipinski definition) is 0. The van der Waals surface area contributed by atoms with E-state index in [1.807, 2.05) is 48.2 Å². The zero-order valence-corrected chi connectivity index (χ0v) is 17.8. The van der Waals surface area contributed by atoms with E-state index in [2.05, 4.69) is 6.92 Å². The van der Waals surface area contributed by atoms with Gasteiger partial charge in [-0.2, -0.15) is 0 Å². The molecule has 0 saturated heterocycles. The number of carbonyl (C=O) groups is 1. The second kappa shape index (κ2) is 8.87. The predicted octanol–water partition coefficient (Wildman–Crippen LogP) is 5.27. The highest BCUT2D eigenvalue weighted by molar-refractivity contribution is 6.31. The van der Waals surface area contributed by atoms with Crippen LogP contribution in [0.4, 0.5) is 0 Å². The lowest BCUT2D eigenvalue weighted by Gasteiger charge is -2.39. The van der Waals surface area contributed by atoms with Crippen molar-refractivity contribution < 1.29 is 14.3 Å². The molecule has 0 bridgehead atoms. The van der Waals surface area contributed by atoms with Crippen molar-refractivity contribution in [2.45, 2.75) is 39.2 Å². The van der Waals surface area contributed by atoms with Gasteiger partial charge >= 0.3 is 0 Å². The molecule has 2 atom stereocenters. The maximum absolute atomic E-state index is 13.3. The highest BCUT2D eigenvalue weighted by Crippen LogP contribution is 2.43. The van der Waals surface area contributed by atoms with Crippen molar-refractivity contribution in [2.24, 2.45) is 5.92 Å². The molecule has 2 aromatic rings. The maximum atomic E-state index is 13.3. The van der Waals surface area contributed by atoms with Crippen molar-refractivity contribution in [3.05, 3.63) is 58.1 Å². The number of nitrogens with zero attached hydrogens (tertiary/aromatic N) is 1. The molecule has 5 heteroatoms. The molecule has 0 aromatic heterocycles. The van der Waals surface area contributed by atoms with E-state index in [-0.39, 0.29) is 17.9 Å². The van der Waals surface area contributed by atoms with E-state index < -0.39 is 0 Å². The predicted molar refractivity (Wildman–Crippen MR) is 112 cm³/mol. The van der Waals surface area contributed by atoms with Gasteiger partial charge in [0, 0.05) is 17.5 Å². The van der Waals surface area contributed by atoms with Gasteiger partial charge in [-0.05, 0) is 47.7 Å². The number of methoxy groups -OCH3 is 2. The zero-order chi connectivity index (χ0) is 20.3. The number of rotatable bonds is 6. The summed E-state index contributed by atoms with van der Waals surface area (Å²) in [6.45, 7) is 4.78. The third-order valence-electron chi connectivity index (χ3n) is 5.50. The fraction of sp³-hybridized carbons (Fsp3) is 0.435. The number of halogens is 1. The Labute approximate surface area is 172 Å². The second-order valence-electron chi connectivity index (χ2n) is 7.30. The Morgan fingerprint density at radius 3 is 2.50 bits per heavy atom. The first kappa shape index (κ1) is 20.5. The molecule has 150 valence electrons. The molecule has 1 aliphatic rings. The summed E-state index contributed by atoms with van der Waals surface area (Å²) in [6, 6.07) is 11.5. The summed E-state index contributed by atoms with van der Waals surface area (Å²) in [4.78, 5) is 15.3. The minimum Gasteiger partial charge on any atom is -0.493 e. The smallest absolute Gasteiger partial charge is 0.226 e. The van der Waals surface area contributed by atoms with Gasteiger partial charge in [-0.1, -0.05) is 50.1 Å². The molecule has 0 spiro atoms. The van der Waals surface area contributed by atoms with Gasteiger partial charge in [0.1, 0.15) is 0 Å². The first-order valence-electron chi connectivity index (χ1n) is 9.81. The summed E-state index contributed by atoms with van der Waals surface area (Å²) in [5.74, 6) is 1.52. The molecule has 0 saturated carbocycles. The largest absolute Gasteiger partial charge is 0.493 e. The molecule has 0 fully saturated rings. The lowest BCUT2D eigenvalue weighted by molar-refractivity contribution is -0.137. The fourth-order valence-electron chi connectivity index (χ4n) is 4.06. The van der Waals surface area contributed by atoms with Gasteiger partial charge in [-0.3, -0.25) is 4.79 Å². The Balaban J connectivity index is 2.14. The van der Waals surface area contributed by atoms with Gasteiger partial charge in [0.15, 0.2) is 11.5 Å². The van der Waals surface area contributed by atoms with Crippen molar-refractivity contribution in [3.8, 4) is 11.5 Å². The SMILES string of the molecule is CCCC(C)C(=O)N1CCc2cc(OC)c(OC)cc2C1c1ccccc1Cl. The summed E-state index contributed by atoms with van der Waals surface area (Å²) in [5.41, 5.74) is 3.15. The van der Waals surface area contributed by atoms with Gasteiger partial charge in [0.05, 0.1) is 20.3 Å². The van der Waals surface area contributed by atoms with Gasteiger partial charge in [0.2, 0.25) is 5.91 Å². The van der Waals surface area contributed by atoms with Crippen LogP contribution in [0.1, 0.15) is 49.4 Å². The van der Waals surface area contributed by atoms with Crippen LogP contribution in [0.15, 0.2) is 36.4 Å². The number of fused-ring (bicyclic) bond motifs is 1. The molecular formula is C23H28ClNO3. The fourth-order valence-corrected chi connectivity index (χ4v) is 4.29. The van der Waals surface area contributed by atoms with E-state index in [0.717, 1.165) is 36.0 Å². The molecule has 0 aliphatic carbocycles. The normalized spacial score (nSPS) is 17.0. The van der Waals surface area contributed by atoms with Crippen LogP contribution in [-0.4, -0.2) is 31.6 Å². The van der Waals surface area contributed by atoms with Gasteiger partial charge < -0.3 is 14.4 Å². The molecule has 1 aliphatic heterocycles. The molecule has 3 rings (SSSR count). The summed E-state index contributed by atoms with van der Waals surface area (Å²) >= 11 is 6.57. The molecular weight excluding hydrogens is 374 g/mol. The van der Waals surface area contributed by atoms with Crippen LogP contribution in [0.3, 0.4) is 0 Å². The van der Waals surface area contributed by atoms with Crippen LogP contribution in [0.5, 0.6) is 11.5 Å². The highest BCUT2D eigenvalue weighted by Gasteiger charge is 2.35. The van der Waals surface area contributed by atoms with E-state index in [0.29, 0.717) is 23.1 Å². The zero-order valence-electron chi connectivity index (χ0n) is 17.0. The Morgan fingerprint density at radius 1 is 1.18 bits per heavy atom. The third kappa shape index (κ3) is 3.83. The summed E-state index contributed by atoms with van der Waals surface area (Å²) in [5, 5.41) is 0.663. The molecule has 28 heavy (non-hydrogen) atoms. The minimum absolute atomic E-state index is 0.0170. The van der Waals surface area contributed by atoms with Crippen LogP contribution >= 0.6 is 11.6 Å². The van der Waals surface area contributed by atoms with Crippen molar-refractivity contribution in [1.82, 2.24) is 4.90 Å². The Kier molecular flexibility index (Phi) is 6.50. The lowest BCUT2D eigenvalue weighted by Crippen LogP contribution is -2.43. The summed E-state index contributed by atoms with van der Waals surface area (Å²) in [7, 11) is 3.27. The first-order valence-corrected chi connectivity index (χ1v) is 10.2. The van der Waals surface area contributed by atoms with Crippen LogP contribution in [-0.2, 0) is 11.2 Å². The highest BCUT2D eigenvalue weighted by atomic mass is 35.5. The number of carbonyl (C=O) groups excluding carboxylic acids is 1. The van der Waals surface area contributed by atoms with E-state index in [1.54, 1.807) is 14.2 Å². The molecule has 2 unspecified atom stereocenters. The van der Waals surface area contributed by atoms with Crippen molar-refractivity contribution in [1.29, 1.82) is 0 Å². The monoisotopic (exact) mass is 401 g/mol. The van der Waals surface area contributed by atoms with Gasteiger partial charge in [-0.25, -0.2) is 0 Å². The van der Waals surface area contributed by atoms with Crippen molar-refractivity contribution in [2.75, 3.05) is 20.8 Å². The van der Waals surface area contributed by atoms with E-state index in [1.165, 1.54) is 0 Å². The van der Waals surface area contributed by atoms with E-state index in [4.69, 9.17) is 21.1 Å². The van der Waals surface area contributed by atoms with Crippen LogP contribution in [0.25, 0.3) is 0 Å². The first-order chi connectivity index (χ1) is 13.5. The molecule has 0 radical (unpaired) electrons. The Morgan fingerprint density at radius 2 is 1.86 bits per heavy atom. The third-order valence-corrected chi connectivity index (χ3v) is 5.84. The van der Waals surface area contributed by atoms with Crippen LogP contribution in [0, 0.1) is 5.92 Å². The molecule has 4 nitrogen and oxygen atoms in total. The Bertz CT molecular complexity index is 852. The summed E-state index contributed by atoms with van der Waals surface area (Å²) < 4.78 is 11.0. The van der Waals surface area contributed by atoms with E-state index in [9.17, 15) is 4.79 Å². The van der Waals surface area contributed by atoms with Crippen LogP contribution in [0.2, 0.25) is 5.02 Å². The van der Waals surface area contributed by atoms with Crippen molar-refractivity contribution >= 4 is 17.5 Å². The number of amides is 1. The van der Waals surface area contributed by atoms with Crippen molar-refractivity contribution in [3.63, 3.8) is 0 Å². The summed E-state index contributed by atoms with van der Waals surface area (Å²) in [6.07, 6.45) is 2.64. The number of benzene rings is 2. The average Bonchev–Trinajstić information content (AvgIpc) is 2.72. The van der Waals surface area contributed by atoms with Gasteiger partial charge in [0.25, 0.3) is 0 Å². The minimum atomic E-state index is -0.232. The second-order valence-corrected chi connectivity index (χ2v) is 7.71. The molecule has 0 N–H and O–H groups in total. The Hall–Kier alpha value is -2.20. The molecule has 2 aromatic carbocycles. The van der Waals surface area contributed by atoms with Crippen LogP contribution < -0.4 is 9.47 Å². The number of hydrogen-bond acceptors (Lipinski definition) is 3. The topological polar surface area (TPSA) is 38.8 Å². The number of ether oxygens (including phenoxy) is 2. The quantitative estimate of drug-likeness (QED) is 0.662. The average molecular weight is 402 g/mol. The lowest BCUT2D eigenvalue weighted by atomic mass is 9.86.